The molecular formula is C9H11Cl2N3O3S. The molecule has 1 amide bonds. The maximum absolute atomic E-state index is 11.7. The molecule has 9 heteroatoms. The molecule has 1 rings (SSSR count). The Balaban J connectivity index is 2.64. The Morgan fingerprint density at radius 1 is 1.44 bits per heavy atom. The maximum Gasteiger partial charge on any atom is 0.252 e. The van der Waals surface area contributed by atoms with Crippen molar-refractivity contribution in [3.63, 3.8) is 0 Å². The topological polar surface area (TPSA) is 88.2 Å². The number of pyridine rings is 1. The molecule has 18 heavy (non-hydrogen) atoms. The summed E-state index contributed by atoms with van der Waals surface area (Å²) in [6.07, 6.45) is 1.25. The highest BCUT2D eigenvalue weighted by Gasteiger charge is 2.13. The Kier molecular flexibility index (Phi) is 5.33. The number of carbonyl (C=O) groups is 1. The number of nitrogens with one attached hydrogen (secondary N) is 2. The van der Waals surface area contributed by atoms with Crippen LogP contribution >= 0.6 is 23.2 Å². The molecule has 0 aliphatic rings. The van der Waals surface area contributed by atoms with Crippen LogP contribution in [0.2, 0.25) is 10.2 Å². The van der Waals surface area contributed by atoms with Gasteiger partial charge in [0.15, 0.2) is 0 Å². The number of hydrogen-bond donors (Lipinski definition) is 2. The average molecular weight is 312 g/mol. The quantitative estimate of drug-likeness (QED) is 0.782. The molecule has 0 spiro atoms. The van der Waals surface area contributed by atoms with E-state index >= 15 is 0 Å². The zero-order valence-electron chi connectivity index (χ0n) is 9.41. The van der Waals surface area contributed by atoms with E-state index in [-0.39, 0.29) is 28.0 Å². The van der Waals surface area contributed by atoms with Gasteiger partial charge in [0.1, 0.15) is 5.15 Å². The first-order chi connectivity index (χ1) is 8.35. The molecule has 1 heterocycles. The van der Waals surface area contributed by atoms with E-state index in [2.05, 4.69) is 15.0 Å². The van der Waals surface area contributed by atoms with E-state index in [9.17, 15) is 13.2 Å². The lowest BCUT2D eigenvalue weighted by Crippen LogP contribution is -2.33. The van der Waals surface area contributed by atoms with E-state index in [1.807, 2.05) is 0 Å². The molecule has 2 N–H and O–H groups in total. The van der Waals surface area contributed by atoms with Gasteiger partial charge in [-0.25, -0.2) is 18.1 Å². The second kappa shape index (κ2) is 6.33. The van der Waals surface area contributed by atoms with Gasteiger partial charge in [-0.15, -0.1) is 0 Å². The van der Waals surface area contributed by atoms with Crippen molar-refractivity contribution in [3.05, 3.63) is 28.0 Å². The Hall–Kier alpha value is -0.890. The van der Waals surface area contributed by atoms with Crippen LogP contribution < -0.4 is 10.0 Å². The lowest BCUT2D eigenvalue weighted by molar-refractivity contribution is 0.0956. The predicted molar refractivity (Wildman–Crippen MR) is 69.4 cm³/mol. The Bertz CT molecular complexity index is 548. The summed E-state index contributed by atoms with van der Waals surface area (Å²) in [5.41, 5.74) is 0.151. The molecule has 0 radical (unpaired) electrons. The summed E-state index contributed by atoms with van der Waals surface area (Å²) in [4.78, 5) is 15.4. The number of aromatic nitrogens is 1. The van der Waals surface area contributed by atoms with Crippen molar-refractivity contribution in [2.75, 3.05) is 19.3 Å². The highest BCUT2D eigenvalue weighted by atomic mass is 35.5. The van der Waals surface area contributed by atoms with Crippen LogP contribution in [-0.2, 0) is 10.0 Å². The molecule has 0 aromatic carbocycles. The standard InChI is InChI=1S/C9H11Cl2N3O3S/c1-12-18(16,17)3-2-13-9(15)6-4-8(11)14-5-7(6)10/h4-5,12H,2-3H2,1H3,(H,13,15). The van der Waals surface area contributed by atoms with Gasteiger partial charge in [0.25, 0.3) is 5.91 Å². The number of halogens is 2. The van der Waals surface area contributed by atoms with E-state index in [0.29, 0.717) is 0 Å². The zero-order valence-corrected chi connectivity index (χ0v) is 11.7. The van der Waals surface area contributed by atoms with Crippen LogP contribution in [0.3, 0.4) is 0 Å². The van der Waals surface area contributed by atoms with Crippen molar-refractivity contribution in [2.24, 2.45) is 0 Å². The Morgan fingerprint density at radius 2 is 2.11 bits per heavy atom. The lowest BCUT2D eigenvalue weighted by atomic mass is 10.2. The van der Waals surface area contributed by atoms with Crippen LogP contribution in [0.5, 0.6) is 0 Å². The lowest BCUT2D eigenvalue weighted by Gasteiger charge is -2.07. The summed E-state index contributed by atoms with van der Waals surface area (Å²) in [5, 5.41) is 2.71. The Labute approximate surface area is 115 Å². The number of carbonyl (C=O) groups excluding carboxylic acids is 1. The van der Waals surface area contributed by atoms with Crippen LogP contribution in [0, 0.1) is 0 Å². The fourth-order valence-corrected chi connectivity index (χ4v) is 2.01. The molecule has 100 valence electrons. The van der Waals surface area contributed by atoms with Crippen LogP contribution in [-0.4, -0.2) is 38.7 Å². The van der Waals surface area contributed by atoms with Gasteiger partial charge in [-0.05, 0) is 13.1 Å². The molecule has 0 aliphatic heterocycles. The highest BCUT2D eigenvalue weighted by molar-refractivity contribution is 7.89. The number of sulfonamides is 1. The van der Waals surface area contributed by atoms with E-state index < -0.39 is 15.9 Å². The molecule has 0 saturated carbocycles. The third-order valence-corrected chi connectivity index (χ3v) is 3.91. The van der Waals surface area contributed by atoms with Gasteiger partial charge in [0.2, 0.25) is 10.0 Å². The molecule has 0 saturated heterocycles. The van der Waals surface area contributed by atoms with Crippen molar-refractivity contribution in [1.82, 2.24) is 15.0 Å². The normalized spacial score (nSPS) is 11.3. The Morgan fingerprint density at radius 3 is 2.72 bits per heavy atom. The van der Waals surface area contributed by atoms with Gasteiger partial charge in [-0.2, -0.15) is 0 Å². The largest absolute Gasteiger partial charge is 0.351 e. The summed E-state index contributed by atoms with van der Waals surface area (Å²) in [7, 11) is -2.05. The van der Waals surface area contributed by atoms with Crippen molar-refractivity contribution < 1.29 is 13.2 Å². The minimum atomic E-state index is -3.35. The molecule has 0 atom stereocenters. The number of rotatable bonds is 5. The molecule has 1 aromatic rings. The average Bonchev–Trinajstić information content (AvgIpc) is 2.32. The van der Waals surface area contributed by atoms with Gasteiger partial charge < -0.3 is 5.32 Å². The molecule has 6 nitrogen and oxygen atoms in total. The summed E-state index contributed by atoms with van der Waals surface area (Å²) >= 11 is 11.4. The fraction of sp³-hybridized carbons (Fsp3) is 0.333. The second-order valence-electron chi connectivity index (χ2n) is 3.27. The summed E-state index contributed by atoms with van der Waals surface area (Å²) < 4.78 is 24.4. The van der Waals surface area contributed by atoms with Crippen molar-refractivity contribution in [3.8, 4) is 0 Å². The summed E-state index contributed by atoms with van der Waals surface area (Å²) in [6, 6.07) is 1.31. The smallest absolute Gasteiger partial charge is 0.252 e. The van der Waals surface area contributed by atoms with Gasteiger partial charge >= 0.3 is 0 Å². The summed E-state index contributed by atoms with van der Waals surface area (Å²) in [6.45, 7) is -0.0295. The monoisotopic (exact) mass is 311 g/mol. The van der Waals surface area contributed by atoms with Crippen LogP contribution in [0.15, 0.2) is 12.3 Å². The third-order valence-electron chi connectivity index (χ3n) is 2.03. The minimum absolute atomic E-state index is 0.0295. The predicted octanol–water partition coefficient (Wildman–Crippen LogP) is 0.667. The first-order valence-electron chi connectivity index (χ1n) is 4.86. The summed E-state index contributed by atoms with van der Waals surface area (Å²) in [5.74, 6) is -0.721. The molecule has 0 bridgehead atoms. The number of nitrogens with zero attached hydrogens (tertiary/aromatic N) is 1. The van der Waals surface area contributed by atoms with Gasteiger partial charge in [0.05, 0.1) is 16.3 Å². The minimum Gasteiger partial charge on any atom is -0.351 e. The zero-order chi connectivity index (χ0) is 13.8. The van der Waals surface area contributed by atoms with Gasteiger partial charge in [-0.1, -0.05) is 23.2 Å². The van der Waals surface area contributed by atoms with E-state index in [1.165, 1.54) is 19.3 Å². The van der Waals surface area contributed by atoms with Crippen molar-refractivity contribution >= 4 is 39.1 Å². The molecule has 0 unspecified atom stereocenters. The first-order valence-corrected chi connectivity index (χ1v) is 7.27. The van der Waals surface area contributed by atoms with Crippen molar-refractivity contribution in [2.45, 2.75) is 0 Å². The van der Waals surface area contributed by atoms with E-state index in [4.69, 9.17) is 23.2 Å². The number of amides is 1. The first kappa shape index (κ1) is 15.2. The fourth-order valence-electron chi connectivity index (χ4n) is 1.08. The maximum atomic E-state index is 11.7. The van der Waals surface area contributed by atoms with E-state index in [0.717, 1.165) is 0 Å². The van der Waals surface area contributed by atoms with Crippen LogP contribution in [0.25, 0.3) is 0 Å². The number of hydrogen-bond acceptors (Lipinski definition) is 4. The van der Waals surface area contributed by atoms with Crippen LogP contribution in [0.4, 0.5) is 0 Å². The van der Waals surface area contributed by atoms with Gasteiger partial charge in [0, 0.05) is 12.7 Å². The highest BCUT2D eigenvalue weighted by Crippen LogP contribution is 2.17. The third kappa shape index (κ3) is 4.41. The van der Waals surface area contributed by atoms with E-state index in [1.54, 1.807) is 0 Å². The SMILES string of the molecule is CNS(=O)(=O)CCNC(=O)c1cc(Cl)ncc1Cl. The van der Waals surface area contributed by atoms with Crippen LogP contribution in [0.1, 0.15) is 10.4 Å². The molecule has 1 aromatic heterocycles. The van der Waals surface area contributed by atoms with Crippen molar-refractivity contribution in [1.29, 1.82) is 0 Å². The molecular weight excluding hydrogens is 301 g/mol. The van der Waals surface area contributed by atoms with Gasteiger partial charge in [-0.3, -0.25) is 4.79 Å². The molecule has 0 fully saturated rings. The molecule has 0 aliphatic carbocycles. The second-order valence-corrected chi connectivity index (χ2v) is 6.11.